The molecule has 1 aromatic heterocycles. The minimum absolute atomic E-state index is 0.0876. The monoisotopic (exact) mass is 379 g/mol. The van der Waals surface area contributed by atoms with Crippen molar-refractivity contribution in [3.05, 3.63) is 29.6 Å². The molecule has 1 amide bonds. The van der Waals surface area contributed by atoms with Gasteiger partial charge >= 0.3 is 0 Å². The standard InChI is InChI=1S/C18H25N3O4S/c1-14-2-4-19-10-16(14)17(22)21-12-18(13-21)15(3-9-26(18,23)24)11-20-5-7-25-8-6-20/h2,4,10,15H,3,5-9,11-13H2,1H3. The molecule has 3 fully saturated rings. The molecule has 26 heavy (non-hydrogen) atoms. The van der Waals surface area contributed by atoms with Crippen molar-refractivity contribution in [3.8, 4) is 0 Å². The lowest BCUT2D eigenvalue weighted by atomic mass is 9.82. The van der Waals surface area contributed by atoms with Gasteiger partial charge in [0.25, 0.3) is 5.91 Å². The quantitative estimate of drug-likeness (QED) is 0.754. The van der Waals surface area contributed by atoms with Crippen LogP contribution in [-0.4, -0.2) is 85.5 Å². The molecule has 0 N–H and O–H groups in total. The molecule has 8 heteroatoms. The van der Waals surface area contributed by atoms with Gasteiger partial charge in [0, 0.05) is 45.1 Å². The van der Waals surface area contributed by atoms with Crippen molar-refractivity contribution in [2.75, 3.05) is 51.7 Å². The first-order valence-electron chi connectivity index (χ1n) is 9.15. The number of amides is 1. The third kappa shape index (κ3) is 2.84. The van der Waals surface area contributed by atoms with Gasteiger partial charge in [-0.15, -0.1) is 0 Å². The van der Waals surface area contributed by atoms with Crippen LogP contribution in [0.25, 0.3) is 0 Å². The van der Waals surface area contributed by atoms with Crippen LogP contribution >= 0.6 is 0 Å². The van der Waals surface area contributed by atoms with E-state index >= 15 is 0 Å². The molecule has 3 aliphatic heterocycles. The smallest absolute Gasteiger partial charge is 0.255 e. The number of aromatic nitrogens is 1. The van der Waals surface area contributed by atoms with E-state index in [4.69, 9.17) is 4.74 Å². The largest absolute Gasteiger partial charge is 0.379 e. The van der Waals surface area contributed by atoms with E-state index in [1.165, 1.54) is 0 Å². The van der Waals surface area contributed by atoms with Crippen molar-refractivity contribution < 1.29 is 17.9 Å². The Kier molecular flexibility index (Phi) is 4.53. The SMILES string of the molecule is Cc1ccncc1C(=O)N1CC2(C1)C(CN1CCOCC1)CCS2(=O)=O. The average molecular weight is 379 g/mol. The molecule has 3 aliphatic rings. The van der Waals surface area contributed by atoms with Gasteiger partial charge in [0.1, 0.15) is 4.75 Å². The molecule has 142 valence electrons. The summed E-state index contributed by atoms with van der Waals surface area (Å²) in [5.41, 5.74) is 1.42. The predicted molar refractivity (Wildman–Crippen MR) is 96.8 cm³/mol. The lowest BCUT2D eigenvalue weighted by Crippen LogP contribution is -2.69. The number of nitrogens with zero attached hydrogens (tertiary/aromatic N) is 3. The molecule has 3 saturated heterocycles. The summed E-state index contributed by atoms with van der Waals surface area (Å²) in [6.45, 7) is 6.37. The third-order valence-corrected chi connectivity index (χ3v) is 8.76. The highest BCUT2D eigenvalue weighted by Gasteiger charge is 2.62. The fourth-order valence-electron chi connectivity index (χ4n) is 4.43. The van der Waals surface area contributed by atoms with Crippen molar-refractivity contribution in [3.63, 3.8) is 0 Å². The molecule has 0 radical (unpaired) electrons. The minimum atomic E-state index is -3.18. The molecule has 1 unspecified atom stereocenters. The predicted octanol–water partition coefficient (Wildman–Crippen LogP) is 0.352. The van der Waals surface area contributed by atoms with Gasteiger partial charge in [0.2, 0.25) is 0 Å². The molecule has 0 saturated carbocycles. The normalized spacial score (nSPS) is 27.4. The van der Waals surface area contributed by atoms with E-state index < -0.39 is 14.6 Å². The van der Waals surface area contributed by atoms with E-state index in [0.29, 0.717) is 38.3 Å². The zero-order chi connectivity index (χ0) is 18.4. The Morgan fingerprint density at radius 1 is 1.35 bits per heavy atom. The van der Waals surface area contributed by atoms with E-state index in [1.54, 1.807) is 23.4 Å². The summed E-state index contributed by atoms with van der Waals surface area (Å²) in [5.74, 6) is 0.203. The highest BCUT2D eigenvalue weighted by molar-refractivity contribution is 7.93. The number of carbonyl (C=O) groups is 1. The van der Waals surface area contributed by atoms with E-state index in [1.807, 2.05) is 6.92 Å². The van der Waals surface area contributed by atoms with Crippen molar-refractivity contribution in [2.24, 2.45) is 5.92 Å². The summed E-state index contributed by atoms with van der Waals surface area (Å²) in [7, 11) is -3.18. The Morgan fingerprint density at radius 3 is 2.77 bits per heavy atom. The summed E-state index contributed by atoms with van der Waals surface area (Å²) in [4.78, 5) is 20.8. The van der Waals surface area contributed by atoms with Gasteiger partial charge in [-0.05, 0) is 30.9 Å². The second-order valence-corrected chi connectivity index (χ2v) is 10.1. The summed E-state index contributed by atoms with van der Waals surface area (Å²) in [5, 5.41) is 0. The van der Waals surface area contributed by atoms with Crippen molar-refractivity contribution in [1.29, 1.82) is 0 Å². The van der Waals surface area contributed by atoms with Crippen molar-refractivity contribution >= 4 is 15.7 Å². The first kappa shape index (κ1) is 17.9. The molecular weight excluding hydrogens is 354 g/mol. The summed E-state index contributed by atoms with van der Waals surface area (Å²) in [6, 6.07) is 1.80. The topological polar surface area (TPSA) is 79.8 Å². The number of sulfone groups is 1. The van der Waals surface area contributed by atoms with E-state index in [2.05, 4.69) is 9.88 Å². The van der Waals surface area contributed by atoms with E-state index in [0.717, 1.165) is 25.2 Å². The molecule has 1 atom stereocenters. The number of aryl methyl sites for hydroxylation is 1. The Bertz CT molecular complexity index is 798. The molecular formula is C18H25N3O4S. The van der Waals surface area contributed by atoms with Crippen LogP contribution in [0.3, 0.4) is 0 Å². The molecule has 1 aromatic rings. The Labute approximate surface area is 154 Å². The maximum atomic E-state index is 12.8. The second kappa shape index (κ2) is 6.58. The fraction of sp³-hybridized carbons (Fsp3) is 0.667. The second-order valence-electron chi connectivity index (χ2n) is 7.63. The highest BCUT2D eigenvalue weighted by atomic mass is 32.2. The highest BCUT2D eigenvalue weighted by Crippen LogP contribution is 2.45. The van der Waals surface area contributed by atoms with Crippen LogP contribution in [0.4, 0.5) is 0 Å². The molecule has 0 bridgehead atoms. The molecule has 1 spiro atoms. The Hall–Kier alpha value is -1.51. The van der Waals surface area contributed by atoms with Gasteiger partial charge < -0.3 is 9.64 Å². The number of ether oxygens (including phenoxy) is 1. The number of rotatable bonds is 3. The van der Waals surface area contributed by atoms with Gasteiger partial charge in [0.05, 0.1) is 24.5 Å². The Morgan fingerprint density at radius 2 is 2.08 bits per heavy atom. The van der Waals surface area contributed by atoms with Crippen molar-refractivity contribution in [2.45, 2.75) is 18.1 Å². The maximum absolute atomic E-state index is 12.8. The number of hydrogen-bond donors (Lipinski definition) is 0. The van der Waals surface area contributed by atoms with Crippen LogP contribution in [0.1, 0.15) is 22.3 Å². The molecule has 0 aromatic carbocycles. The number of hydrogen-bond acceptors (Lipinski definition) is 6. The zero-order valence-electron chi connectivity index (χ0n) is 15.1. The van der Waals surface area contributed by atoms with Crippen LogP contribution in [0, 0.1) is 12.8 Å². The van der Waals surface area contributed by atoms with Gasteiger partial charge in [-0.25, -0.2) is 8.42 Å². The molecule has 4 rings (SSSR count). The van der Waals surface area contributed by atoms with Crippen LogP contribution in [0.5, 0.6) is 0 Å². The van der Waals surface area contributed by atoms with E-state index in [-0.39, 0.29) is 17.6 Å². The average Bonchev–Trinajstić information content (AvgIpc) is 2.85. The number of morpholine rings is 1. The first-order valence-corrected chi connectivity index (χ1v) is 10.8. The summed E-state index contributed by atoms with van der Waals surface area (Å²) in [6.07, 6.45) is 3.91. The number of pyridine rings is 1. The number of likely N-dealkylation sites (tertiary alicyclic amines) is 1. The summed E-state index contributed by atoms with van der Waals surface area (Å²) < 4.78 is 30.2. The van der Waals surface area contributed by atoms with Crippen LogP contribution in [0.15, 0.2) is 18.5 Å². The molecule has 7 nitrogen and oxygen atoms in total. The summed E-state index contributed by atoms with van der Waals surface area (Å²) >= 11 is 0. The lowest BCUT2D eigenvalue weighted by molar-refractivity contribution is 0.0140. The maximum Gasteiger partial charge on any atom is 0.255 e. The lowest BCUT2D eigenvalue weighted by Gasteiger charge is -2.50. The van der Waals surface area contributed by atoms with Crippen LogP contribution in [0.2, 0.25) is 0 Å². The fourth-order valence-corrected chi connectivity index (χ4v) is 6.83. The minimum Gasteiger partial charge on any atom is -0.379 e. The molecule has 0 aliphatic carbocycles. The van der Waals surface area contributed by atoms with Gasteiger partial charge in [0.15, 0.2) is 9.84 Å². The number of carbonyl (C=O) groups excluding carboxylic acids is 1. The third-order valence-electron chi connectivity index (χ3n) is 6.15. The first-order chi connectivity index (χ1) is 12.4. The molecule has 4 heterocycles. The van der Waals surface area contributed by atoms with Crippen LogP contribution in [-0.2, 0) is 14.6 Å². The van der Waals surface area contributed by atoms with Crippen LogP contribution < -0.4 is 0 Å². The van der Waals surface area contributed by atoms with Gasteiger partial charge in [-0.2, -0.15) is 0 Å². The Balaban J connectivity index is 1.50. The van der Waals surface area contributed by atoms with Gasteiger partial charge in [-0.3, -0.25) is 14.7 Å². The van der Waals surface area contributed by atoms with Gasteiger partial charge in [-0.1, -0.05) is 0 Å². The zero-order valence-corrected chi connectivity index (χ0v) is 15.9. The van der Waals surface area contributed by atoms with E-state index in [9.17, 15) is 13.2 Å². The van der Waals surface area contributed by atoms with Crippen molar-refractivity contribution in [1.82, 2.24) is 14.8 Å².